The Morgan fingerprint density at radius 1 is 1.31 bits per heavy atom. The Labute approximate surface area is 103 Å². The lowest BCUT2D eigenvalue weighted by Gasteiger charge is -2.27. The van der Waals surface area contributed by atoms with Gasteiger partial charge in [0, 0.05) is 31.1 Å². The summed E-state index contributed by atoms with van der Waals surface area (Å²) in [6.45, 7) is 10.5. The van der Waals surface area contributed by atoms with Crippen LogP contribution in [0.4, 0.5) is 0 Å². The normalized spacial score (nSPS) is 18.2. The zero-order valence-corrected chi connectivity index (χ0v) is 11.3. The van der Waals surface area contributed by atoms with E-state index in [1.807, 2.05) is 11.8 Å². The number of nitrogens with two attached hydrogens (primary N) is 1. The van der Waals surface area contributed by atoms with E-state index in [1.54, 1.807) is 0 Å². The standard InChI is InChI=1S/C11H24N4S/c1-3-14(4-2)6-5-13-11(12)15-7-9-16-10-8-15/h3-10H2,1-2H3,(H2,12,13). The van der Waals surface area contributed by atoms with Gasteiger partial charge in [-0.1, -0.05) is 13.8 Å². The van der Waals surface area contributed by atoms with E-state index in [-0.39, 0.29) is 0 Å². The van der Waals surface area contributed by atoms with Gasteiger partial charge >= 0.3 is 0 Å². The van der Waals surface area contributed by atoms with Crippen LogP contribution in [0.3, 0.4) is 0 Å². The van der Waals surface area contributed by atoms with Crippen molar-refractivity contribution in [1.82, 2.24) is 9.80 Å². The number of nitrogens with zero attached hydrogens (tertiary/aromatic N) is 3. The van der Waals surface area contributed by atoms with Crippen LogP contribution in [-0.2, 0) is 0 Å². The average molecular weight is 244 g/mol. The molecule has 4 nitrogen and oxygen atoms in total. The van der Waals surface area contributed by atoms with Crippen LogP contribution in [0.2, 0.25) is 0 Å². The van der Waals surface area contributed by atoms with E-state index in [2.05, 4.69) is 28.6 Å². The number of likely N-dealkylation sites (N-methyl/N-ethyl adjacent to an activating group) is 1. The van der Waals surface area contributed by atoms with Crippen LogP contribution in [0.5, 0.6) is 0 Å². The molecule has 0 radical (unpaired) electrons. The highest BCUT2D eigenvalue weighted by Crippen LogP contribution is 2.08. The monoisotopic (exact) mass is 244 g/mol. The molecule has 94 valence electrons. The molecule has 0 aromatic carbocycles. The molecule has 0 spiro atoms. The summed E-state index contributed by atoms with van der Waals surface area (Å²) in [6, 6.07) is 0. The van der Waals surface area contributed by atoms with Crippen LogP contribution >= 0.6 is 11.8 Å². The van der Waals surface area contributed by atoms with Crippen LogP contribution in [0.25, 0.3) is 0 Å². The summed E-state index contributed by atoms with van der Waals surface area (Å²) in [5, 5.41) is 0. The molecule has 2 N–H and O–H groups in total. The highest BCUT2D eigenvalue weighted by Gasteiger charge is 2.11. The predicted molar refractivity (Wildman–Crippen MR) is 73.2 cm³/mol. The lowest BCUT2D eigenvalue weighted by molar-refractivity contribution is 0.312. The van der Waals surface area contributed by atoms with E-state index in [4.69, 9.17) is 5.73 Å². The number of thioether (sulfide) groups is 1. The molecule has 1 aliphatic heterocycles. The van der Waals surface area contributed by atoms with Gasteiger partial charge in [0.1, 0.15) is 0 Å². The minimum absolute atomic E-state index is 0.729. The zero-order chi connectivity index (χ0) is 11.8. The summed E-state index contributed by atoms with van der Waals surface area (Å²) < 4.78 is 0. The van der Waals surface area contributed by atoms with Crippen molar-refractivity contribution in [2.45, 2.75) is 13.8 Å². The van der Waals surface area contributed by atoms with Crippen LogP contribution in [0.15, 0.2) is 4.99 Å². The van der Waals surface area contributed by atoms with E-state index in [0.29, 0.717) is 0 Å². The Morgan fingerprint density at radius 3 is 2.50 bits per heavy atom. The Bertz CT molecular complexity index is 210. The average Bonchev–Trinajstić information content (AvgIpc) is 2.35. The van der Waals surface area contributed by atoms with Gasteiger partial charge in [0.2, 0.25) is 0 Å². The van der Waals surface area contributed by atoms with Crippen molar-refractivity contribution in [2.75, 3.05) is 50.8 Å². The summed E-state index contributed by atoms with van der Waals surface area (Å²) in [5.41, 5.74) is 5.97. The van der Waals surface area contributed by atoms with Gasteiger partial charge in [-0.05, 0) is 13.1 Å². The van der Waals surface area contributed by atoms with Gasteiger partial charge in [-0.25, -0.2) is 0 Å². The maximum absolute atomic E-state index is 5.97. The minimum atomic E-state index is 0.729. The van der Waals surface area contributed by atoms with Gasteiger partial charge in [0.15, 0.2) is 5.96 Å². The number of hydrogen-bond donors (Lipinski definition) is 1. The molecule has 5 heteroatoms. The van der Waals surface area contributed by atoms with Crippen molar-refractivity contribution in [2.24, 2.45) is 10.7 Å². The third-order valence-electron chi connectivity index (χ3n) is 2.92. The van der Waals surface area contributed by atoms with Crippen molar-refractivity contribution in [3.05, 3.63) is 0 Å². The first kappa shape index (κ1) is 13.6. The van der Waals surface area contributed by atoms with E-state index in [9.17, 15) is 0 Å². The number of hydrogen-bond acceptors (Lipinski definition) is 3. The summed E-state index contributed by atoms with van der Waals surface area (Å²) in [5.74, 6) is 3.07. The van der Waals surface area contributed by atoms with E-state index >= 15 is 0 Å². The van der Waals surface area contributed by atoms with Crippen molar-refractivity contribution in [3.8, 4) is 0 Å². The van der Waals surface area contributed by atoms with Gasteiger partial charge in [0.05, 0.1) is 6.54 Å². The molecule has 0 aromatic heterocycles. The van der Waals surface area contributed by atoms with Crippen LogP contribution < -0.4 is 5.73 Å². The molecule has 1 saturated heterocycles. The lowest BCUT2D eigenvalue weighted by atomic mass is 10.4. The smallest absolute Gasteiger partial charge is 0.191 e. The molecule has 0 aliphatic carbocycles. The molecule has 0 aromatic rings. The van der Waals surface area contributed by atoms with Crippen LogP contribution in [0, 0.1) is 0 Å². The summed E-state index contributed by atoms with van der Waals surface area (Å²) >= 11 is 1.99. The minimum Gasteiger partial charge on any atom is -0.370 e. The predicted octanol–water partition coefficient (Wildman–Crippen LogP) is 0.692. The Hall–Kier alpha value is -0.420. The molecule has 1 rings (SSSR count). The van der Waals surface area contributed by atoms with Crippen LogP contribution in [-0.4, -0.2) is 66.5 Å². The molecule has 0 saturated carbocycles. The first-order valence-electron chi connectivity index (χ1n) is 6.12. The highest BCUT2D eigenvalue weighted by atomic mass is 32.2. The second kappa shape index (κ2) is 7.79. The highest BCUT2D eigenvalue weighted by molar-refractivity contribution is 7.99. The fraction of sp³-hybridized carbons (Fsp3) is 0.909. The van der Waals surface area contributed by atoms with E-state index in [1.165, 1.54) is 11.5 Å². The Kier molecular flexibility index (Phi) is 6.64. The molecule has 1 aliphatic rings. The third kappa shape index (κ3) is 4.61. The van der Waals surface area contributed by atoms with Crippen molar-refractivity contribution < 1.29 is 0 Å². The number of rotatable bonds is 5. The fourth-order valence-corrected chi connectivity index (χ4v) is 2.64. The maximum Gasteiger partial charge on any atom is 0.191 e. The van der Waals surface area contributed by atoms with Crippen molar-refractivity contribution >= 4 is 17.7 Å². The first-order valence-corrected chi connectivity index (χ1v) is 7.28. The molecule has 1 fully saturated rings. The summed E-state index contributed by atoms with van der Waals surface area (Å²) in [6.07, 6.45) is 0. The molecular formula is C11H24N4S. The number of guanidine groups is 1. The lowest BCUT2D eigenvalue weighted by Crippen LogP contribution is -2.43. The third-order valence-corrected chi connectivity index (χ3v) is 3.86. The molecular weight excluding hydrogens is 220 g/mol. The second-order valence-corrected chi connectivity index (χ2v) is 5.09. The SMILES string of the molecule is CCN(CC)CCN=C(N)N1CCSCC1. The first-order chi connectivity index (χ1) is 7.77. The van der Waals surface area contributed by atoms with Gasteiger partial charge in [-0.3, -0.25) is 4.99 Å². The zero-order valence-electron chi connectivity index (χ0n) is 10.5. The maximum atomic E-state index is 5.97. The second-order valence-electron chi connectivity index (χ2n) is 3.87. The van der Waals surface area contributed by atoms with Gasteiger partial charge in [-0.2, -0.15) is 11.8 Å². The molecule has 0 atom stereocenters. The summed E-state index contributed by atoms with van der Waals surface area (Å²) in [7, 11) is 0. The quantitative estimate of drug-likeness (QED) is 0.571. The molecule has 0 bridgehead atoms. The topological polar surface area (TPSA) is 44.9 Å². The van der Waals surface area contributed by atoms with Crippen molar-refractivity contribution in [1.29, 1.82) is 0 Å². The van der Waals surface area contributed by atoms with E-state index in [0.717, 1.165) is 45.2 Å². The molecule has 1 heterocycles. The number of aliphatic imine (C=N–C) groups is 1. The Morgan fingerprint density at radius 2 is 1.94 bits per heavy atom. The Balaban J connectivity index is 2.26. The van der Waals surface area contributed by atoms with Gasteiger partial charge < -0.3 is 15.5 Å². The van der Waals surface area contributed by atoms with Crippen molar-refractivity contribution in [3.63, 3.8) is 0 Å². The van der Waals surface area contributed by atoms with Gasteiger partial charge in [-0.15, -0.1) is 0 Å². The van der Waals surface area contributed by atoms with Gasteiger partial charge in [0.25, 0.3) is 0 Å². The fourth-order valence-electron chi connectivity index (χ4n) is 1.74. The largest absolute Gasteiger partial charge is 0.370 e. The summed E-state index contributed by atoms with van der Waals surface area (Å²) in [4.78, 5) is 9.01. The van der Waals surface area contributed by atoms with Crippen LogP contribution in [0.1, 0.15) is 13.8 Å². The van der Waals surface area contributed by atoms with E-state index < -0.39 is 0 Å². The molecule has 0 amide bonds. The molecule has 16 heavy (non-hydrogen) atoms. The molecule has 0 unspecified atom stereocenters.